The molecule has 0 aromatic rings. The Morgan fingerprint density at radius 3 is 2.22 bits per heavy atom. The molecule has 2 atom stereocenters. The molecule has 1 aliphatic rings. The van der Waals surface area contributed by atoms with Crippen LogP contribution >= 0.6 is 0 Å². The molecule has 0 bridgehead atoms. The van der Waals surface area contributed by atoms with Gasteiger partial charge in [0.15, 0.2) is 0 Å². The fraction of sp³-hybridized carbons (Fsp3) is 0.900. The molecule has 0 heterocycles. The van der Waals surface area contributed by atoms with E-state index in [9.17, 15) is 9.59 Å². The van der Waals surface area contributed by atoms with Gasteiger partial charge in [-0.15, -0.1) is 0 Å². The third-order valence-electron chi connectivity index (χ3n) is 4.95. The monoisotopic (exact) mass is 400 g/mol. The maximum absolute atomic E-state index is 12.6. The van der Waals surface area contributed by atoms with Gasteiger partial charge < -0.3 is 19.7 Å². The van der Waals surface area contributed by atoms with Gasteiger partial charge >= 0.3 is 12.2 Å². The van der Waals surface area contributed by atoms with Crippen LogP contribution in [0.3, 0.4) is 0 Å². The highest BCUT2D eigenvalue weighted by Crippen LogP contribution is 2.32. The Hall–Kier alpha value is -1.24. The van der Waals surface area contributed by atoms with Crippen molar-refractivity contribution >= 4 is 20.3 Å². The van der Waals surface area contributed by atoms with Crippen LogP contribution in [0.4, 0.5) is 9.59 Å². The van der Waals surface area contributed by atoms with Crippen molar-refractivity contribution in [1.29, 1.82) is 0 Å². The molecule has 2 amide bonds. The van der Waals surface area contributed by atoms with Crippen LogP contribution in [0.15, 0.2) is 0 Å². The number of nitrogens with zero attached hydrogens (tertiary/aromatic N) is 1. The molecule has 27 heavy (non-hydrogen) atoms. The Labute approximate surface area is 166 Å². The van der Waals surface area contributed by atoms with Crippen molar-refractivity contribution in [1.82, 2.24) is 10.2 Å². The molecular formula is C20H40N2O4Si. The van der Waals surface area contributed by atoms with Crippen molar-refractivity contribution in [2.24, 2.45) is 5.92 Å². The van der Waals surface area contributed by atoms with E-state index in [0.29, 0.717) is 12.5 Å². The number of amides is 2. The number of alkyl carbamates (subject to hydrolysis) is 1. The van der Waals surface area contributed by atoms with E-state index in [1.807, 2.05) is 27.7 Å². The molecule has 0 aromatic heterocycles. The van der Waals surface area contributed by atoms with E-state index in [0.717, 1.165) is 18.9 Å². The number of carbonyl (C=O) groups excluding carboxylic acids is 2. The van der Waals surface area contributed by atoms with Gasteiger partial charge in [0, 0.05) is 15.1 Å². The summed E-state index contributed by atoms with van der Waals surface area (Å²) in [6.07, 6.45) is 3.72. The molecule has 0 radical (unpaired) electrons. The van der Waals surface area contributed by atoms with E-state index in [4.69, 9.17) is 9.47 Å². The number of carbonyl (C=O) groups is 2. The van der Waals surface area contributed by atoms with Crippen molar-refractivity contribution < 1.29 is 19.1 Å². The fourth-order valence-corrected chi connectivity index (χ4v) is 4.32. The lowest BCUT2D eigenvalue weighted by Crippen LogP contribution is -2.54. The molecule has 1 aliphatic carbocycles. The summed E-state index contributed by atoms with van der Waals surface area (Å²) in [6, 6.07) is 0.642. The highest BCUT2D eigenvalue weighted by molar-refractivity contribution is 6.76. The van der Waals surface area contributed by atoms with Crippen molar-refractivity contribution in [3.05, 3.63) is 0 Å². The van der Waals surface area contributed by atoms with E-state index in [1.165, 1.54) is 12.8 Å². The molecule has 0 aromatic carbocycles. The van der Waals surface area contributed by atoms with Crippen LogP contribution in [0, 0.1) is 5.92 Å². The Kier molecular flexibility index (Phi) is 8.64. The van der Waals surface area contributed by atoms with Gasteiger partial charge in [-0.1, -0.05) is 32.5 Å². The second-order valence-corrected chi connectivity index (χ2v) is 15.6. The van der Waals surface area contributed by atoms with Gasteiger partial charge in [0.1, 0.15) is 5.60 Å². The summed E-state index contributed by atoms with van der Waals surface area (Å²) in [6.45, 7) is 14.7. The average Bonchev–Trinajstić information content (AvgIpc) is 2.97. The van der Waals surface area contributed by atoms with Crippen LogP contribution in [0.2, 0.25) is 25.7 Å². The minimum atomic E-state index is -1.25. The number of hydrogen-bond acceptors (Lipinski definition) is 4. The molecule has 1 rings (SSSR count). The van der Waals surface area contributed by atoms with Crippen LogP contribution in [0.5, 0.6) is 0 Å². The van der Waals surface area contributed by atoms with Crippen LogP contribution < -0.4 is 5.32 Å². The maximum Gasteiger partial charge on any atom is 0.409 e. The summed E-state index contributed by atoms with van der Waals surface area (Å²) in [5, 5.41) is 2.93. The zero-order valence-electron chi connectivity index (χ0n) is 18.6. The number of hydrogen-bond donors (Lipinski definition) is 1. The normalized spacial score (nSPS) is 17.9. The third kappa shape index (κ3) is 8.99. The summed E-state index contributed by atoms with van der Waals surface area (Å²) in [5.41, 5.74) is -0.547. The standard InChI is InChI=1S/C20H40N2O4Si/c1-15(21-18(23)26-20(2,3)4)17(16-11-9-10-12-16)22(5)19(24)25-13-14-27(6,7)8/h15-17H,9-14H2,1-8H3,(H,21,23). The van der Waals surface area contributed by atoms with E-state index >= 15 is 0 Å². The number of nitrogens with one attached hydrogen (secondary N) is 1. The first-order valence-electron chi connectivity index (χ1n) is 10.2. The van der Waals surface area contributed by atoms with Crippen molar-refractivity contribution in [2.45, 2.75) is 96.7 Å². The van der Waals surface area contributed by atoms with Gasteiger partial charge in [-0.05, 0) is 52.5 Å². The summed E-state index contributed by atoms with van der Waals surface area (Å²) in [5.74, 6) is 0.365. The zero-order chi connectivity index (χ0) is 20.8. The minimum absolute atomic E-state index is 0.0978. The van der Waals surface area contributed by atoms with Gasteiger partial charge in [-0.3, -0.25) is 0 Å². The minimum Gasteiger partial charge on any atom is -0.450 e. The van der Waals surface area contributed by atoms with Crippen LogP contribution in [0.1, 0.15) is 53.4 Å². The predicted octanol–water partition coefficient (Wildman–Crippen LogP) is 4.87. The highest BCUT2D eigenvalue weighted by atomic mass is 28.3. The van der Waals surface area contributed by atoms with Crippen molar-refractivity contribution in [3.63, 3.8) is 0 Å². The summed E-state index contributed by atoms with van der Waals surface area (Å²) < 4.78 is 10.9. The Balaban J connectivity index is 2.74. The Morgan fingerprint density at radius 2 is 1.74 bits per heavy atom. The van der Waals surface area contributed by atoms with Gasteiger partial charge in [-0.2, -0.15) is 0 Å². The molecule has 7 heteroatoms. The van der Waals surface area contributed by atoms with Gasteiger partial charge in [0.25, 0.3) is 0 Å². The molecular weight excluding hydrogens is 360 g/mol. The topological polar surface area (TPSA) is 67.9 Å². The first-order valence-corrected chi connectivity index (χ1v) is 13.9. The number of rotatable bonds is 7. The predicted molar refractivity (Wildman–Crippen MR) is 112 cm³/mol. The van der Waals surface area contributed by atoms with Crippen molar-refractivity contribution in [2.75, 3.05) is 13.7 Å². The molecule has 2 unspecified atom stereocenters. The molecule has 0 saturated heterocycles. The third-order valence-corrected chi connectivity index (χ3v) is 6.66. The first-order chi connectivity index (χ1) is 12.3. The summed E-state index contributed by atoms with van der Waals surface area (Å²) in [4.78, 5) is 26.5. The lowest BCUT2D eigenvalue weighted by atomic mass is 9.91. The molecule has 1 N–H and O–H groups in total. The van der Waals surface area contributed by atoms with Crippen molar-refractivity contribution in [3.8, 4) is 0 Å². The molecule has 1 saturated carbocycles. The molecule has 158 valence electrons. The largest absolute Gasteiger partial charge is 0.450 e. The number of ether oxygens (including phenoxy) is 2. The van der Waals surface area contributed by atoms with Gasteiger partial charge in [0.05, 0.1) is 18.7 Å². The lowest BCUT2D eigenvalue weighted by molar-refractivity contribution is 0.0424. The van der Waals surface area contributed by atoms with Gasteiger partial charge in [0.2, 0.25) is 0 Å². The average molecular weight is 401 g/mol. The van der Waals surface area contributed by atoms with Crippen LogP contribution in [0.25, 0.3) is 0 Å². The molecule has 0 aliphatic heterocycles. The second kappa shape index (κ2) is 9.80. The van der Waals surface area contributed by atoms with E-state index < -0.39 is 19.8 Å². The van der Waals surface area contributed by atoms with Gasteiger partial charge in [-0.25, -0.2) is 9.59 Å². The van der Waals surface area contributed by atoms with E-state index in [2.05, 4.69) is 25.0 Å². The van der Waals surface area contributed by atoms with E-state index in [1.54, 1.807) is 11.9 Å². The zero-order valence-corrected chi connectivity index (χ0v) is 19.6. The smallest absolute Gasteiger partial charge is 0.409 e. The summed E-state index contributed by atoms with van der Waals surface area (Å²) >= 11 is 0. The fourth-order valence-electron chi connectivity index (χ4n) is 3.61. The first kappa shape index (κ1) is 23.8. The SMILES string of the molecule is CC(NC(=O)OC(C)(C)C)C(C1CCCC1)N(C)C(=O)OCC[Si](C)(C)C. The van der Waals surface area contributed by atoms with Crippen LogP contribution in [-0.4, -0.2) is 56.5 Å². The quantitative estimate of drug-likeness (QED) is 0.619. The second-order valence-electron chi connectivity index (χ2n) is 10.0. The molecule has 1 fully saturated rings. The van der Waals surface area contributed by atoms with Crippen LogP contribution in [-0.2, 0) is 9.47 Å². The maximum atomic E-state index is 12.6. The molecule has 6 nitrogen and oxygen atoms in total. The Bertz CT molecular complexity index is 493. The number of likely N-dealkylation sites (N-methyl/N-ethyl adjacent to an activating group) is 1. The van der Waals surface area contributed by atoms with E-state index in [-0.39, 0.29) is 18.2 Å². The molecule has 0 spiro atoms. The lowest BCUT2D eigenvalue weighted by Gasteiger charge is -2.37. The Morgan fingerprint density at radius 1 is 1.19 bits per heavy atom. The highest BCUT2D eigenvalue weighted by Gasteiger charge is 2.36. The summed E-state index contributed by atoms with van der Waals surface area (Å²) in [7, 11) is 0.537.